The summed E-state index contributed by atoms with van der Waals surface area (Å²) in [5.41, 5.74) is 0.0210. The molecule has 0 saturated carbocycles. The standard InChI is InChI=1S/C11H15F3O4/c1-7(2)18-10(16)8(3)4-5-9(15)17-6-11(12,13)14/h7H,3-6H2,1-2H3. The molecule has 0 rings (SSSR count). The minimum Gasteiger partial charge on any atom is -0.460 e. The van der Waals surface area contributed by atoms with Crippen LogP contribution in [0.3, 0.4) is 0 Å². The summed E-state index contributed by atoms with van der Waals surface area (Å²) in [5, 5.41) is 0. The number of carbonyl (C=O) groups is 2. The van der Waals surface area contributed by atoms with E-state index in [1.54, 1.807) is 13.8 Å². The molecule has 0 unspecified atom stereocenters. The molecule has 0 aliphatic rings. The van der Waals surface area contributed by atoms with E-state index in [2.05, 4.69) is 11.3 Å². The van der Waals surface area contributed by atoms with Gasteiger partial charge in [0.05, 0.1) is 6.10 Å². The molecule has 0 radical (unpaired) electrons. The zero-order chi connectivity index (χ0) is 14.3. The van der Waals surface area contributed by atoms with E-state index >= 15 is 0 Å². The highest BCUT2D eigenvalue weighted by Gasteiger charge is 2.29. The molecule has 0 saturated heterocycles. The summed E-state index contributed by atoms with van der Waals surface area (Å²) in [5.74, 6) is -1.71. The van der Waals surface area contributed by atoms with Crippen LogP contribution in [-0.2, 0) is 19.1 Å². The minimum absolute atomic E-state index is 0.0210. The molecule has 0 fully saturated rings. The minimum atomic E-state index is -4.55. The van der Waals surface area contributed by atoms with E-state index in [0.717, 1.165) is 0 Å². The Kier molecular flexibility index (Phi) is 6.43. The third kappa shape index (κ3) is 8.60. The van der Waals surface area contributed by atoms with Gasteiger partial charge in [-0.2, -0.15) is 13.2 Å². The molecule has 18 heavy (non-hydrogen) atoms. The fourth-order valence-electron chi connectivity index (χ4n) is 0.887. The molecule has 0 spiro atoms. The molecule has 0 atom stereocenters. The van der Waals surface area contributed by atoms with Crippen LogP contribution in [-0.4, -0.2) is 30.8 Å². The third-order valence-electron chi connectivity index (χ3n) is 1.66. The van der Waals surface area contributed by atoms with Crippen LogP contribution in [0.15, 0.2) is 12.2 Å². The van der Waals surface area contributed by atoms with Crippen molar-refractivity contribution >= 4 is 11.9 Å². The molecule has 0 aliphatic heterocycles. The van der Waals surface area contributed by atoms with Gasteiger partial charge in [0.15, 0.2) is 6.61 Å². The van der Waals surface area contributed by atoms with Gasteiger partial charge in [-0.25, -0.2) is 4.79 Å². The van der Waals surface area contributed by atoms with Gasteiger partial charge in [-0.1, -0.05) is 6.58 Å². The SMILES string of the molecule is C=C(CCC(=O)OCC(F)(F)F)C(=O)OC(C)C. The van der Waals surface area contributed by atoms with E-state index in [0.29, 0.717) is 0 Å². The molecule has 0 N–H and O–H groups in total. The summed E-state index contributed by atoms with van der Waals surface area (Å²) in [7, 11) is 0. The van der Waals surface area contributed by atoms with Gasteiger partial charge in [-0.05, 0) is 20.3 Å². The Morgan fingerprint density at radius 1 is 1.22 bits per heavy atom. The number of carbonyl (C=O) groups excluding carboxylic acids is 2. The van der Waals surface area contributed by atoms with Gasteiger partial charge in [0.1, 0.15) is 0 Å². The molecule has 0 heterocycles. The normalized spacial score (nSPS) is 11.2. The molecule has 0 aromatic rings. The summed E-state index contributed by atoms with van der Waals surface area (Å²) in [6.45, 7) is 5.04. The molecule has 4 nitrogen and oxygen atoms in total. The number of hydrogen-bond acceptors (Lipinski definition) is 4. The average molecular weight is 268 g/mol. The second-order valence-corrected chi connectivity index (χ2v) is 3.83. The van der Waals surface area contributed by atoms with E-state index in [4.69, 9.17) is 4.74 Å². The van der Waals surface area contributed by atoms with Gasteiger partial charge in [0.25, 0.3) is 0 Å². The third-order valence-corrected chi connectivity index (χ3v) is 1.66. The molecule has 0 aromatic heterocycles. The largest absolute Gasteiger partial charge is 0.460 e. The highest BCUT2D eigenvalue weighted by Crippen LogP contribution is 2.15. The Morgan fingerprint density at radius 3 is 2.22 bits per heavy atom. The lowest BCUT2D eigenvalue weighted by Crippen LogP contribution is -2.20. The number of esters is 2. The zero-order valence-electron chi connectivity index (χ0n) is 10.2. The van der Waals surface area contributed by atoms with E-state index in [-0.39, 0.29) is 24.5 Å². The first kappa shape index (κ1) is 16.5. The summed E-state index contributed by atoms with van der Waals surface area (Å²) in [6.07, 6.45) is -5.32. The smallest absolute Gasteiger partial charge is 0.422 e. The summed E-state index contributed by atoms with van der Waals surface area (Å²) in [4.78, 5) is 22.2. The van der Waals surface area contributed by atoms with Gasteiger partial charge in [-0.3, -0.25) is 4.79 Å². The van der Waals surface area contributed by atoms with Gasteiger partial charge in [0.2, 0.25) is 0 Å². The fourth-order valence-corrected chi connectivity index (χ4v) is 0.887. The second kappa shape index (κ2) is 7.03. The van der Waals surface area contributed by atoms with Crippen LogP contribution in [0.5, 0.6) is 0 Å². The molecule has 0 aliphatic carbocycles. The zero-order valence-corrected chi connectivity index (χ0v) is 10.2. The van der Waals surface area contributed by atoms with E-state index in [9.17, 15) is 22.8 Å². The number of ether oxygens (including phenoxy) is 2. The Hall–Kier alpha value is -1.53. The molecular weight excluding hydrogens is 253 g/mol. The Bertz CT molecular complexity index is 321. The van der Waals surface area contributed by atoms with Gasteiger partial charge in [0, 0.05) is 12.0 Å². The van der Waals surface area contributed by atoms with Crippen molar-refractivity contribution in [2.24, 2.45) is 0 Å². The summed E-state index contributed by atoms with van der Waals surface area (Å²) >= 11 is 0. The van der Waals surface area contributed by atoms with Gasteiger partial charge < -0.3 is 9.47 Å². The first-order valence-electron chi connectivity index (χ1n) is 5.23. The fraction of sp³-hybridized carbons (Fsp3) is 0.636. The van der Waals surface area contributed by atoms with Crippen molar-refractivity contribution in [1.29, 1.82) is 0 Å². The highest BCUT2D eigenvalue weighted by molar-refractivity contribution is 5.88. The average Bonchev–Trinajstić information content (AvgIpc) is 2.20. The Labute approximate surface area is 103 Å². The van der Waals surface area contributed by atoms with Crippen molar-refractivity contribution < 1.29 is 32.2 Å². The predicted octanol–water partition coefficient (Wildman–Crippen LogP) is 2.38. The van der Waals surface area contributed by atoms with Crippen LogP contribution < -0.4 is 0 Å². The quantitative estimate of drug-likeness (QED) is 0.548. The monoisotopic (exact) mass is 268 g/mol. The van der Waals surface area contributed by atoms with Crippen molar-refractivity contribution in [3.63, 3.8) is 0 Å². The van der Waals surface area contributed by atoms with Crippen LogP contribution >= 0.6 is 0 Å². The van der Waals surface area contributed by atoms with Crippen molar-refractivity contribution in [3.8, 4) is 0 Å². The first-order valence-corrected chi connectivity index (χ1v) is 5.23. The molecule has 104 valence electrons. The van der Waals surface area contributed by atoms with Crippen LogP contribution in [0.1, 0.15) is 26.7 Å². The Morgan fingerprint density at radius 2 is 1.78 bits per heavy atom. The second-order valence-electron chi connectivity index (χ2n) is 3.83. The summed E-state index contributed by atoms with van der Waals surface area (Å²) < 4.78 is 43.9. The van der Waals surface area contributed by atoms with Crippen molar-refractivity contribution in [2.45, 2.75) is 39.0 Å². The van der Waals surface area contributed by atoms with Gasteiger partial charge in [-0.15, -0.1) is 0 Å². The topological polar surface area (TPSA) is 52.6 Å². The van der Waals surface area contributed by atoms with E-state index in [1.807, 2.05) is 0 Å². The van der Waals surface area contributed by atoms with Gasteiger partial charge >= 0.3 is 18.1 Å². The molecule has 0 aromatic carbocycles. The maximum absolute atomic E-state index is 11.7. The lowest BCUT2D eigenvalue weighted by Gasteiger charge is -2.10. The lowest BCUT2D eigenvalue weighted by molar-refractivity contribution is -0.186. The molecule has 0 amide bonds. The van der Waals surface area contributed by atoms with Crippen LogP contribution in [0, 0.1) is 0 Å². The van der Waals surface area contributed by atoms with E-state index < -0.39 is 24.7 Å². The number of halogens is 3. The Balaban J connectivity index is 3.92. The number of hydrogen-bond donors (Lipinski definition) is 0. The number of alkyl halides is 3. The predicted molar refractivity (Wildman–Crippen MR) is 56.6 cm³/mol. The maximum atomic E-state index is 11.7. The molecule has 7 heteroatoms. The maximum Gasteiger partial charge on any atom is 0.422 e. The van der Waals surface area contributed by atoms with Crippen LogP contribution in [0.25, 0.3) is 0 Å². The van der Waals surface area contributed by atoms with Crippen LogP contribution in [0.4, 0.5) is 13.2 Å². The van der Waals surface area contributed by atoms with Crippen molar-refractivity contribution in [2.75, 3.05) is 6.61 Å². The first-order chi connectivity index (χ1) is 8.11. The van der Waals surface area contributed by atoms with Crippen molar-refractivity contribution in [1.82, 2.24) is 0 Å². The van der Waals surface area contributed by atoms with E-state index in [1.165, 1.54) is 0 Å². The van der Waals surface area contributed by atoms with Crippen LogP contribution in [0.2, 0.25) is 0 Å². The highest BCUT2D eigenvalue weighted by atomic mass is 19.4. The number of rotatable bonds is 6. The molecule has 0 bridgehead atoms. The lowest BCUT2D eigenvalue weighted by atomic mass is 10.1. The van der Waals surface area contributed by atoms with Crippen molar-refractivity contribution in [3.05, 3.63) is 12.2 Å². The summed E-state index contributed by atoms with van der Waals surface area (Å²) in [6, 6.07) is 0. The molecular formula is C11H15F3O4.